The predicted molar refractivity (Wildman–Crippen MR) is 75.4 cm³/mol. The van der Waals surface area contributed by atoms with Crippen LogP contribution in [-0.4, -0.2) is 26.3 Å². The highest BCUT2D eigenvalue weighted by atomic mass is 79.9. The molecule has 2 N–H and O–H groups in total. The first-order valence-corrected chi connectivity index (χ1v) is 6.71. The van der Waals surface area contributed by atoms with Gasteiger partial charge < -0.3 is 15.4 Å². The van der Waals surface area contributed by atoms with Crippen LogP contribution in [0.1, 0.15) is 6.42 Å². The molecule has 94 valence electrons. The van der Waals surface area contributed by atoms with E-state index in [9.17, 15) is 4.79 Å². The molecule has 0 aliphatic carbocycles. The van der Waals surface area contributed by atoms with Crippen LogP contribution in [0.25, 0.3) is 0 Å². The molecule has 6 heteroatoms. The molecule has 4 nitrogen and oxygen atoms in total. The van der Waals surface area contributed by atoms with Crippen LogP contribution in [0.3, 0.4) is 0 Å². The first-order chi connectivity index (χ1) is 8.13. The molecule has 17 heavy (non-hydrogen) atoms. The molecule has 0 spiro atoms. The normalized spacial score (nSPS) is 10.1. The van der Waals surface area contributed by atoms with E-state index >= 15 is 0 Å². The fraction of sp³-hybridized carbons (Fsp3) is 0.364. The average molecular weight is 366 g/mol. The predicted octanol–water partition coefficient (Wildman–Crippen LogP) is 3.37. The maximum atomic E-state index is 11.5. The van der Waals surface area contributed by atoms with Crippen molar-refractivity contribution in [1.29, 1.82) is 0 Å². The molecule has 0 radical (unpaired) electrons. The second-order valence-electron chi connectivity index (χ2n) is 3.35. The van der Waals surface area contributed by atoms with Crippen LogP contribution in [0.4, 0.5) is 10.5 Å². The molecule has 1 aromatic rings. The number of hydrogen-bond donors (Lipinski definition) is 2. The molecular weight excluding hydrogens is 352 g/mol. The highest BCUT2D eigenvalue weighted by Gasteiger charge is 2.04. The highest BCUT2D eigenvalue weighted by molar-refractivity contribution is 9.11. The Morgan fingerprint density at radius 2 is 2.18 bits per heavy atom. The van der Waals surface area contributed by atoms with Crippen molar-refractivity contribution in [3.63, 3.8) is 0 Å². The summed E-state index contributed by atoms with van der Waals surface area (Å²) >= 11 is 6.73. The smallest absolute Gasteiger partial charge is 0.319 e. The lowest BCUT2D eigenvalue weighted by atomic mass is 10.3. The van der Waals surface area contributed by atoms with Crippen LogP contribution in [0, 0.1) is 0 Å². The fourth-order valence-electron chi connectivity index (χ4n) is 1.18. The summed E-state index contributed by atoms with van der Waals surface area (Å²) in [6, 6.07) is 5.35. The zero-order valence-corrected chi connectivity index (χ0v) is 12.6. The molecule has 0 fully saturated rings. The van der Waals surface area contributed by atoms with Crippen LogP contribution >= 0.6 is 31.9 Å². The fourth-order valence-corrected chi connectivity index (χ4v) is 2.32. The number of carbonyl (C=O) groups is 1. The largest absolute Gasteiger partial charge is 0.385 e. The number of ether oxygens (including phenoxy) is 1. The number of urea groups is 1. The molecular formula is C11H14Br2N2O2. The molecule has 0 unspecified atom stereocenters. The second-order valence-corrected chi connectivity index (χ2v) is 5.12. The van der Waals surface area contributed by atoms with Gasteiger partial charge in [0.25, 0.3) is 0 Å². The van der Waals surface area contributed by atoms with Crippen LogP contribution in [0.5, 0.6) is 0 Å². The molecule has 0 atom stereocenters. The van der Waals surface area contributed by atoms with Crippen molar-refractivity contribution in [1.82, 2.24) is 5.32 Å². The molecule has 0 bridgehead atoms. The SMILES string of the molecule is COCCCNC(=O)Nc1ccc(Br)cc1Br. The van der Waals surface area contributed by atoms with Crippen LogP contribution in [0.2, 0.25) is 0 Å². The summed E-state index contributed by atoms with van der Waals surface area (Å²) in [5.74, 6) is 0. The topological polar surface area (TPSA) is 50.4 Å². The maximum absolute atomic E-state index is 11.5. The third-order valence-corrected chi connectivity index (χ3v) is 3.14. The molecule has 1 rings (SSSR count). The van der Waals surface area contributed by atoms with E-state index in [4.69, 9.17) is 4.74 Å². The Hall–Kier alpha value is -0.590. The van der Waals surface area contributed by atoms with Gasteiger partial charge in [0.15, 0.2) is 0 Å². The summed E-state index contributed by atoms with van der Waals surface area (Å²) in [5, 5.41) is 5.50. The number of hydrogen-bond acceptors (Lipinski definition) is 2. The molecule has 0 aliphatic heterocycles. The molecule has 1 aromatic carbocycles. The Bertz CT molecular complexity index is 386. The lowest BCUT2D eigenvalue weighted by Crippen LogP contribution is -2.30. The summed E-state index contributed by atoms with van der Waals surface area (Å²) < 4.78 is 6.68. The third kappa shape index (κ3) is 5.52. The van der Waals surface area contributed by atoms with Gasteiger partial charge in [-0.1, -0.05) is 15.9 Å². The van der Waals surface area contributed by atoms with Gasteiger partial charge in [-0.2, -0.15) is 0 Å². The van der Waals surface area contributed by atoms with Gasteiger partial charge in [0.1, 0.15) is 0 Å². The lowest BCUT2D eigenvalue weighted by Gasteiger charge is -2.09. The van der Waals surface area contributed by atoms with Gasteiger partial charge in [-0.05, 0) is 40.5 Å². The number of carbonyl (C=O) groups excluding carboxylic acids is 1. The van der Waals surface area contributed by atoms with Crippen LogP contribution in [0.15, 0.2) is 27.1 Å². The van der Waals surface area contributed by atoms with Crippen molar-refractivity contribution in [3.05, 3.63) is 27.1 Å². The number of methoxy groups -OCH3 is 1. The van der Waals surface area contributed by atoms with Gasteiger partial charge in [0, 0.05) is 29.2 Å². The number of nitrogens with one attached hydrogen (secondary N) is 2. The Kier molecular flexibility index (Phi) is 6.54. The second kappa shape index (κ2) is 7.68. The van der Waals surface area contributed by atoms with E-state index in [1.165, 1.54) is 0 Å². The number of amides is 2. The van der Waals surface area contributed by atoms with E-state index in [0.29, 0.717) is 13.2 Å². The molecule has 0 heterocycles. The quantitative estimate of drug-likeness (QED) is 0.786. The lowest BCUT2D eigenvalue weighted by molar-refractivity contribution is 0.194. The summed E-state index contributed by atoms with van der Waals surface area (Å²) in [6.45, 7) is 1.23. The average Bonchev–Trinajstić information content (AvgIpc) is 2.28. The standard InChI is InChI=1S/C11H14Br2N2O2/c1-17-6-2-5-14-11(16)15-10-4-3-8(12)7-9(10)13/h3-4,7H,2,5-6H2,1H3,(H2,14,15,16). The maximum Gasteiger partial charge on any atom is 0.319 e. The summed E-state index contributed by atoms with van der Waals surface area (Å²) in [6.07, 6.45) is 0.797. The van der Waals surface area contributed by atoms with Gasteiger partial charge in [-0.15, -0.1) is 0 Å². The van der Waals surface area contributed by atoms with Gasteiger partial charge in [0.05, 0.1) is 5.69 Å². The Morgan fingerprint density at radius 3 is 2.82 bits per heavy atom. The number of anilines is 1. The molecule has 2 amide bonds. The summed E-state index contributed by atoms with van der Waals surface area (Å²) in [4.78, 5) is 11.5. The van der Waals surface area contributed by atoms with Gasteiger partial charge in [-0.3, -0.25) is 0 Å². The van der Waals surface area contributed by atoms with Gasteiger partial charge in [-0.25, -0.2) is 4.79 Å². The number of halogens is 2. The van der Waals surface area contributed by atoms with Crippen molar-refractivity contribution < 1.29 is 9.53 Å². The Balaban J connectivity index is 2.40. The first-order valence-electron chi connectivity index (χ1n) is 5.12. The minimum atomic E-state index is -0.218. The number of rotatable bonds is 5. The molecule has 0 aromatic heterocycles. The summed E-state index contributed by atoms with van der Waals surface area (Å²) in [5.41, 5.74) is 0.734. The van der Waals surface area contributed by atoms with Crippen molar-refractivity contribution in [3.8, 4) is 0 Å². The van der Waals surface area contributed by atoms with E-state index in [1.54, 1.807) is 7.11 Å². The van der Waals surface area contributed by atoms with E-state index < -0.39 is 0 Å². The monoisotopic (exact) mass is 364 g/mol. The van der Waals surface area contributed by atoms with E-state index in [-0.39, 0.29) is 6.03 Å². The zero-order chi connectivity index (χ0) is 12.7. The van der Waals surface area contributed by atoms with Crippen molar-refractivity contribution >= 4 is 43.6 Å². The van der Waals surface area contributed by atoms with Crippen molar-refractivity contribution in [2.75, 3.05) is 25.6 Å². The highest BCUT2D eigenvalue weighted by Crippen LogP contribution is 2.25. The number of benzene rings is 1. The van der Waals surface area contributed by atoms with Crippen LogP contribution < -0.4 is 10.6 Å². The van der Waals surface area contributed by atoms with Gasteiger partial charge >= 0.3 is 6.03 Å². The minimum Gasteiger partial charge on any atom is -0.385 e. The van der Waals surface area contributed by atoms with Gasteiger partial charge in [0.2, 0.25) is 0 Å². The Morgan fingerprint density at radius 1 is 1.41 bits per heavy atom. The van der Waals surface area contributed by atoms with Crippen LogP contribution in [-0.2, 0) is 4.74 Å². The third-order valence-electron chi connectivity index (χ3n) is 1.99. The Labute approximate surface area is 117 Å². The van der Waals surface area contributed by atoms with Crippen molar-refractivity contribution in [2.45, 2.75) is 6.42 Å². The molecule has 0 saturated heterocycles. The summed E-state index contributed by atoms with van der Waals surface area (Å²) in [7, 11) is 1.64. The van der Waals surface area contributed by atoms with E-state index in [0.717, 1.165) is 21.1 Å². The van der Waals surface area contributed by atoms with E-state index in [1.807, 2.05) is 18.2 Å². The molecule has 0 aliphatic rings. The first kappa shape index (κ1) is 14.5. The molecule has 0 saturated carbocycles. The minimum absolute atomic E-state index is 0.218. The zero-order valence-electron chi connectivity index (χ0n) is 9.43. The van der Waals surface area contributed by atoms with E-state index in [2.05, 4.69) is 42.5 Å². The van der Waals surface area contributed by atoms with Crippen molar-refractivity contribution in [2.24, 2.45) is 0 Å².